The van der Waals surface area contributed by atoms with Gasteiger partial charge in [0, 0.05) is 6.61 Å². The van der Waals surface area contributed by atoms with Crippen molar-refractivity contribution < 1.29 is 29.7 Å². The number of aliphatic hydroxyl groups excluding tert-OH is 2. The summed E-state index contributed by atoms with van der Waals surface area (Å²) in [7, 11) is 0. The lowest BCUT2D eigenvalue weighted by Crippen LogP contribution is -2.59. The van der Waals surface area contributed by atoms with Crippen LogP contribution in [0.1, 0.15) is 79.1 Å². The van der Waals surface area contributed by atoms with E-state index < -0.39 is 48.1 Å². The van der Waals surface area contributed by atoms with Crippen LogP contribution in [0, 0.1) is 11.8 Å². The molecule has 0 aromatic carbocycles. The molecule has 1 aliphatic rings. The van der Waals surface area contributed by atoms with Crippen LogP contribution >= 0.6 is 12.2 Å². The van der Waals surface area contributed by atoms with Crippen molar-refractivity contribution >= 4 is 35.0 Å². The molecule has 7 N–H and O–H groups in total. The topological polar surface area (TPSA) is 160 Å². The van der Waals surface area contributed by atoms with Gasteiger partial charge in [-0.05, 0) is 51.5 Å². The van der Waals surface area contributed by atoms with Crippen LogP contribution in [0.2, 0.25) is 0 Å². The van der Waals surface area contributed by atoms with Gasteiger partial charge >= 0.3 is 5.97 Å². The number of carboxylic acid groups (broad SMARTS) is 1. The van der Waals surface area contributed by atoms with Crippen molar-refractivity contribution in [2.75, 3.05) is 13.2 Å². The Hall–Kier alpha value is -1.82. The molecule has 10 nitrogen and oxygen atoms in total. The summed E-state index contributed by atoms with van der Waals surface area (Å²) in [6.45, 7) is 7.11. The highest BCUT2D eigenvalue weighted by atomic mass is 32.1. The molecule has 0 saturated heterocycles. The van der Waals surface area contributed by atoms with Gasteiger partial charge in [0.05, 0.1) is 23.2 Å². The smallest absolute Gasteiger partial charge is 0.326 e. The van der Waals surface area contributed by atoms with Crippen molar-refractivity contribution in [1.82, 2.24) is 21.3 Å². The largest absolute Gasteiger partial charge is 0.480 e. The molecule has 0 spiro atoms. The van der Waals surface area contributed by atoms with E-state index in [1.807, 2.05) is 0 Å². The number of carbonyl (C=O) groups excluding carboxylic acids is 2. The van der Waals surface area contributed by atoms with Crippen molar-refractivity contribution in [2.24, 2.45) is 11.8 Å². The van der Waals surface area contributed by atoms with Gasteiger partial charge in [-0.25, -0.2) is 4.79 Å². The molecule has 2 amide bonds. The zero-order valence-electron chi connectivity index (χ0n) is 22.1. The molecular formula is C25H46N4O6S. The number of carboxylic acids is 1. The molecule has 1 rings (SSSR count). The Labute approximate surface area is 220 Å². The molecule has 1 saturated carbocycles. The molecule has 1 aliphatic carbocycles. The van der Waals surface area contributed by atoms with Crippen LogP contribution in [0.3, 0.4) is 0 Å². The molecule has 0 aromatic rings. The Balaban J connectivity index is 2.72. The first kappa shape index (κ1) is 32.2. The van der Waals surface area contributed by atoms with E-state index in [4.69, 9.17) is 12.2 Å². The molecule has 208 valence electrons. The van der Waals surface area contributed by atoms with Gasteiger partial charge in [-0.2, -0.15) is 0 Å². The van der Waals surface area contributed by atoms with E-state index in [1.54, 1.807) is 20.8 Å². The Morgan fingerprint density at radius 2 is 1.58 bits per heavy atom. The molecular weight excluding hydrogens is 484 g/mol. The highest BCUT2D eigenvalue weighted by molar-refractivity contribution is 7.80. The van der Waals surface area contributed by atoms with Gasteiger partial charge in [0.2, 0.25) is 11.8 Å². The highest BCUT2D eigenvalue weighted by Gasteiger charge is 2.31. The summed E-state index contributed by atoms with van der Waals surface area (Å²) in [5.74, 6) is -1.68. The first-order chi connectivity index (χ1) is 17.0. The van der Waals surface area contributed by atoms with Gasteiger partial charge in [0.1, 0.15) is 12.1 Å². The van der Waals surface area contributed by atoms with E-state index in [0.717, 1.165) is 6.42 Å². The van der Waals surface area contributed by atoms with E-state index >= 15 is 0 Å². The number of thiocarbonyl (C=S) groups is 1. The number of aliphatic carboxylic acids is 1. The molecule has 0 radical (unpaired) electrons. The number of hydrogen-bond acceptors (Lipinski definition) is 7. The lowest BCUT2D eigenvalue weighted by Gasteiger charge is -2.28. The van der Waals surface area contributed by atoms with Crippen LogP contribution in [-0.2, 0) is 14.4 Å². The minimum Gasteiger partial charge on any atom is -0.480 e. The monoisotopic (exact) mass is 530 g/mol. The van der Waals surface area contributed by atoms with Crippen LogP contribution in [0.25, 0.3) is 0 Å². The maximum atomic E-state index is 13.0. The third-order valence-electron chi connectivity index (χ3n) is 6.68. The van der Waals surface area contributed by atoms with Crippen LogP contribution in [0.5, 0.6) is 0 Å². The average Bonchev–Trinajstić information content (AvgIpc) is 2.82. The van der Waals surface area contributed by atoms with Crippen molar-refractivity contribution in [3.05, 3.63) is 0 Å². The summed E-state index contributed by atoms with van der Waals surface area (Å²) >= 11 is 5.27. The summed E-state index contributed by atoms with van der Waals surface area (Å²) in [6.07, 6.45) is 6.81. The zero-order valence-corrected chi connectivity index (χ0v) is 22.9. The molecule has 0 aromatic heterocycles. The van der Waals surface area contributed by atoms with E-state index in [2.05, 4.69) is 21.3 Å². The fourth-order valence-corrected chi connectivity index (χ4v) is 4.56. The molecule has 1 fully saturated rings. The van der Waals surface area contributed by atoms with Crippen molar-refractivity contribution in [2.45, 2.75) is 109 Å². The van der Waals surface area contributed by atoms with Gasteiger partial charge in [0.15, 0.2) is 0 Å². The van der Waals surface area contributed by atoms with Gasteiger partial charge in [-0.3, -0.25) is 9.59 Å². The fourth-order valence-electron chi connectivity index (χ4n) is 4.38. The predicted molar refractivity (Wildman–Crippen MR) is 143 cm³/mol. The first-order valence-electron chi connectivity index (χ1n) is 13.1. The first-order valence-corrected chi connectivity index (χ1v) is 13.5. The number of amides is 2. The molecule has 11 heteroatoms. The van der Waals surface area contributed by atoms with E-state index in [0.29, 0.717) is 25.3 Å². The summed E-state index contributed by atoms with van der Waals surface area (Å²) in [4.78, 5) is 37.5. The van der Waals surface area contributed by atoms with Gasteiger partial charge in [0.25, 0.3) is 0 Å². The second-order valence-electron chi connectivity index (χ2n) is 10.2. The number of aliphatic hydroxyl groups is 2. The highest BCUT2D eigenvalue weighted by Crippen LogP contribution is 2.25. The molecule has 36 heavy (non-hydrogen) atoms. The predicted octanol–water partition coefficient (Wildman–Crippen LogP) is 1.08. The minimum absolute atomic E-state index is 0.0515. The summed E-state index contributed by atoms with van der Waals surface area (Å²) in [5, 5.41) is 40.1. The van der Waals surface area contributed by atoms with Gasteiger partial charge in [-0.1, -0.05) is 58.2 Å². The van der Waals surface area contributed by atoms with Crippen LogP contribution in [0.4, 0.5) is 0 Å². The van der Waals surface area contributed by atoms with Crippen molar-refractivity contribution in [3.63, 3.8) is 0 Å². The van der Waals surface area contributed by atoms with Gasteiger partial charge in [-0.15, -0.1) is 0 Å². The Morgan fingerprint density at radius 3 is 2.11 bits per heavy atom. The lowest BCUT2D eigenvalue weighted by atomic mass is 9.87. The number of carbonyl (C=O) groups is 3. The van der Waals surface area contributed by atoms with E-state index in [9.17, 15) is 29.7 Å². The maximum Gasteiger partial charge on any atom is 0.326 e. The minimum atomic E-state index is -1.22. The van der Waals surface area contributed by atoms with Crippen molar-refractivity contribution in [1.29, 1.82) is 0 Å². The lowest BCUT2D eigenvalue weighted by molar-refractivity contribution is -0.140. The standard InChI is InChI=1S/C25H46N4O6S/c1-15(2)20(25(34)35)29-24(36)16(3)27-23(33)21(17(4)31)28-22(32)19(11-8-14-30)26-13-12-18-9-6-5-7-10-18/h15-21,26,30-31H,5-14H2,1-4H3,(H,27,33)(H,28,32)(H,29,36)(H,34,35)/t16-,17?,19-,20-,21-/m0/s1. The third-order valence-corrected chi connectivity index (χ3v) is 7.15. The van der Waals surface area contributed by atoms with E-state index in [1.165, 1.54) is 39.0 Å². The summed E-state index contributed by atoms with van der Waals surface area (Å²) in [6, 6.07) is -3.45. The molecule has 0 aliphatic heterocycles. The maximum absolute atomic E-state index is 13.0. The molecule has 0 bridgehead atoms. The second kappa shape index (κ2) is 16.8. The Morgan fingerprint density at radius 1 is 0.944 bits per heavy atom. The quantitative estimate of drug-likeness (QED) is 0.145. The number of hydrogen-bond donors (Lipinski definition) is 7. The third kappa shape index (κ3) is 11.5. The summed E-state index contributed by atoms with van der Waals surface area (Å²) in [5.41, 5.74) is 0. The van der Waals surface area contributed by atoms with Crippen LogP contribution < -0.4 is 21.3 Å². The second-order valence-corrected chi connectivity index (χ2v) is 10.6. The van der Waals surface area contributed by atoms with Gasteiger partial charge < -0.3 is 36.6 Å². The summed E-state index contributed by atoms with van der Waals surface area (Å²) < 4.78 is 0. The fraction of sp³-hybridized carbons (Fsp3) is 0.840. The molecule has 5 atom stereocenters. The normalized spacial score (nSPS) is 18.5. The van der Waals surface area contributed by atoms with Crippen LogP contribution in [0.15, 0.2) is 0 Å². The van der Waals surface area contributed by atoms with Crippen molar-refractivity contribution in [3.8, 4) is 0 Å². The van der Waals surface area contributed by atoms with Crippen LogP contribution in [-0.4, -0.2) is 81.5 Å². The zero-order chi connectivity index (χ0) is 27.3. The number of nitrogens with one attached hydrogen (secondary N) is 4. The Bertz CT molecular complexity index is 715. The Kier molecular flexibility index (Phi) is 15.1. The molecule has 0 heterocycles. The number of rotatable bonds is 16. The molecule has 1 unspecified atom stereocenters. The average molecular weight is 531 g/mol. The SMILES string of the molecule is CC(C)[C@H](NC(=S)[C@H](C)NC(=O)[C@@H](NC(=O)[C@H](CCCO)NCCC1CCCCC1)C(C)O)C(=O)O. The van der Waals surface area contributed by atoms with E-state index in [-0.39, 0.29) is 17.5 Å².